The Morgan fingerprint density at radius 1 is 1.50 bits per heavy atom. The Kier molecular flexibility index (Phi) is 4.69. The van der Waals surface area contributed by atoms with E-state index in [0.717, 1.165) is 0 Å². The van der Waals surface area contributed by atoms with E-state index < -0.39 is 4.92 Å². The highest BCUT2D eigenvalue weighted by atomic mass is 32.1. The third-order valence-corrected chi connectivity index (χ3v) is 2.74. The molecule has 0 spiro atoms. The van der Waals surface area contributed by atoms with Gasteiger partial charge >= 0.3 is 0 Å². The van der Waals surface area contributed by atoms with Crippen LogP contribution >= 0.6 is 12.2 Å². The van der Waals surface area contributed by atoms with Gasteiger partial charge in [0.2, 0.25) is 0 Å². The second-order valence-electron chi connectivity index (χ2n) is 4.08. The van der Waals surface area contributed by atoms with Crippen LogP contribution in [0.5, 0.6) is 5.75 Å². The van der Waals surface area contributed by atoms with Gasteiger partial charge in [0.05, 0.1) is 23.8 Å². The summed E-state index contributed by atoms with van der Waals surface area (Å²) in [7, 11) is 1.47. The summed E-state index contributed by atoms with van der Waals surface area (Å²) in [4.78, 5) is 10.4. The number of nitro benzene ring substituents is 1. The van der Waals surface area contributed by atoms with Crippen molar-refractivity contribution in [2.75, 3.05) is 7.11 Å². The van der Waals surface area contributed by atoms with E-state index in [-0.39, 0.29) is 10.8 Å². The molecule has 1 aromatic carbocycles. The Morgan fingerprint density at radius 3 is 2.91 bits per heavy atom. The lowest BCUT2D eigenvalue weighted by Crippen LogP contribution is -2.23. The SMILES string of the molecule is COc1ccc([N+](=O)[O-])cc1-c1ccc(/C=N/NC(N)=S)o1. The molecule has 0 aliphatic rings. The van der Waals surface area contributed by atoms with E-state index in [1.54, 1.807) is 12.1 Å². The molecule has 1 aromatic heterocycles. The monoisotopic (exact) mass is 320 g/mol. The highest BCUT2D eigenvalue weighted by Gasteiger charge is 2.15. The van der Waals surface area contributed by atoms with Gasteiger partial charge in [-0.3, -0.25) is 15.5 Å². The number of hydrazone groups is 1. The summed E-state index contributed by atoms with van der Waals surface area (Å²) >= 11 is 4.61. The number of hydrogen-bond donors (Lipinski definition) is 2. The molecule has 8 nitrogen and oxygen atoms in total. The Hall–Kier alpha value is -2.94. The minimum atomic E-state index is -0.486. The summed E-state index contributed by atoms with van der Waals surface area (Å²) < 4.78 is 10.7. The molecule has 0 radical (unpaired) electrons. The smallest absolute Gasteiger partial charge is 0.270 e. The lowest BCUT2D eigenvalue weighted by Gasteiger charge is -2.05. The first-order valence-corrected chi connectivity index (χ1v) is 6.43. The maximum Gasteiger partial charge on any atom is 0.270 e. The van der Waals surface area contributed by atoms with Crippen LogP contribution < -0.4 is 15.9 Å². The summed E-state index contributed by atoms with van der Waals surface area (Å²) in [6.07, 6.45) is 1.38. The zero-order valence-electron chi connectivity index (χ0n) is 11.5. The summed E-state index contributed by atoms with van der Waals surface area (Å²) in [6, 6.07) is 7.56. The molecule has 0 aliphatic heterocycles. The van der Waals surface area contributed by atoms with Crippen LogP contribution in [-0.2, 0) is 0 Å². The second kappa shape index (κ2) is 6.68. The average molecular weight is 320 g/mol. The van der Waals surface area contributed by atoms with Crippen LogP contribution in [0.4, 0.5) is 5.69 Å². The van der Waals surface area contributed by atoms with E-state index in [2.05, 4.69) is 22.7 Å². The Balaban J connectivity index is 2.33. The highest BCUT2D eigenvalue weighted by molar-refractivity contribution is 7.80. The fraction of sp³-hybridized carbons (Fsp3) is 0.0769. The third-order valence-electron chi connectivity index (χ3n) is 2.65. The van der Waals surface area contributed by atoms with Gasteiger partial charge in [0.25, 0.3) is 5.69 Å². The van der Waals surface area contributed by atoms with E-state index >= 15 is 0 Å². The number of hydrogen-bond acceptors (Lipinski definition) is 6. The molecule has 1 heterocycles. The number of nitrogens with one attached hydrogen (secondary N) is 1. The number of benzene rings is 1. The van der Waals surface area contributed by atoms with Crippen LogP contribution in [0, 0.1) is 10.1 Å². The van der Waals surface area contributed by atoms with E-state index in [1.165, 1.54) is 31.5 Å². The molecule has 114 valence electrons. The molecule has 0 bridgehead atoms. The van der Waals surface area contributed by atoms with Crippen LogP contribution in [0.25, 0.3) is 11.3 Å². The molecule has 2 rings (SSSR count). The number of nitro groups is 1. The van der Waals surface area contributed by atoms with Crippen molar-refractivity contribution >= 4 is 29.2 Å². The molecule has 22 heavy (non-hydrogen) atoms. The number of nitrogens with two attached hydrogens (primary N) is 1. The third kappa shape index (κ3) is 3.58. The zero-order chi connectivity index (χ0) is 16.1. The maximum atomic E-state index is 10.9. The summed E-state index contributed by atoms with van der Waals surface area (Å²) in [5, 5.41) is 14.7. The highest BCUT2D eigenvalue weighted by Crippen LogP contribution is 2.34. The predicted molar refractivity (Wildman–Crippen MR) is 84.9 cm³/mol. The molecular weight excluding hydrogens is 308 g/mol. The van der Waals surface area contributed by atoms with Gasteiger partial charge in [0.1, 0.15) is 17.3 Å². The number of methoxy groups -OCH3 is 1. The molecular formula is C13H12N4O4S. The Morgan fingerprint density at radius 2 is 2.27 bits per heavy atom. The number of thiocarbonyl (C=S) groups is 1. The minimum Gasteiger partial charge on any atom is -0.496 e. The lowest BCUT2D eigenvalue weighted by atomic mass is 10.1. The van der Waals surface area contributed by atoms with Crippen LogP contribution in [0.15, 0.2) is 39.9 Å². The predicted octanol–water partition coefficient (Wildman–Crippen LogP) is 2.03. The number of nitrogens with zero attached hydrogens (tertiary/aromatic N) is 2. The first-order valence-electron chi connectivity index (χ1n) is 6.02. The van der Waals surface area contributed by atoms with Crippen molar-refractivity contribution in [1.82, 2.24) is 5.43 Å². The molecule has 3 N–H and O–H groups in total. The molecule has 0 aliphatic carbocycles. The van der Waals surface area contributed by atoms with Gasteiger partial charge in [-0.25, -0.2) is 0 Å². The number of ether oxygens (including phenoxy) is 1. The van der Waals surface area contributed by atoms with Crippen LogP contribution in [0.3, 0.4) is 0 Å². The van der Waals surface area contributed by atoms with Gasteiger partial charge in [0, 0.05) is 12.1 Å². The fourth-order valence-electron chi connectivity index (χ4n) is 1.73. The van der Waals surface area contributed by atoms with Crippen molar-refractivity contribution in [2.45, 2.75) is 0 Å². The van der Waals surface area contributed by atoms with Gasteiger partial charge in [-0.1, -0.05) is 0 Å². The largest absolute Gasteiger partial charge is 0.496 e. The molecule has 9 heteroatoms. The Bertz CT molecular complexity index is 741. The van der Waals surface area contributed by atoms with Crippen molar-refractivity contribution in [1.29, 1.82) is 0 Å². The topological polar surface area (TPSA) is 116 Å². The van der Waals surface area contributed by atoms with Crippen molar-refractivity contribution in [3.63, 3.8) is 0 Å². The van der Waals surface area contributed by atoms with Crippen molar-refractivity contribution in [2.24, 2.45) is 10.8 Å². The summed E-state index contributed by atoms with van der Waals surface area (Å²) in [5.74, 6) is 1.30. The second-order valence-corrected chi connectivity index (χ2v) is 4.52. The maximum absolute atomic E-state index is 10.9. The van der Waals surface area contributed by atoms with Crippen molar-refractivity contribution < 1.29 is 14.1 Å². The lowest BCUT2D eigenvalue weighted by molar-refractivity contribution is -0.384. The number of furan rings is 1. The molecule has 2 aromatic rings. The molecule has 0 saturated heterocycles. The minimum absolute atomic E-state index is 0.0309. The number of non-ortho nitro benzene ring substituents is 1. The number of rotatable bonds is 5. The van der Waals surface area contributed by atoms with Crippen LogP contribution in [0.2, 0.25) is 0 Å². The summed E-state index contributed by atoms with van der Waals surface area (Å²) in [5.41, 5.74) is 8.04. The summed E-state index contributed by atoms with van der Waals surface area (Å²) in [6.45, 7) is 0. The van der Waals surface area contributed by atoms with E-state index in [0.29, 0.717) is 22.8 Å². The van der Waals surface area contributed by atoms with Gasteiger partial charge in [-0.15, -0.1) is 0 Å². The average Bonchev–Trinajstić information content (AvgIpc) is 2.94. The van der Waals surface area contributed by atoms with Crippen molar-refractivity contribution in [3.8, 4) is 17.1 Å². The van der Waals surface area contributed by atoms with Crippen LogP contribution in [-0.4, -0.2) is 23.4 Å². The zero-order valence-corrected chi connectivity index (χ0v) is 12.3. The molecule has 0 fully saturated rings. The van der Waals surface area contributed by atoms with E-state index in [1.807, 2.05) is 0 Å². The molecule has 0 saturated carbocycles. The van der Waals surface area contributed by atoms with E-state index in [9.17, 15) is 10.1 Å². The molecule has 0 atom stereocenters. The fourth-order valence-corrected chi connectivity index (χ4v) is 1.78. The first kappa shape index (κ1) is 15.4. The molecule has 0 unspecified atom stereocenters. The van der Waals surface area contributed by atoms with Crippen molar-refractivity contribution in [3.05, 3.63) is 46.2 Å². The quantitative estimate of drug-likeness (QED) is 0.375. The Labute approximate surface area is 130 Å². The van der Waals surface area contributed by atoms with Gasteiger partial charge in [-0.2, -0.15) is 5.10 Å². The normalized spacial score (nSPS) is 10.6. The van der Waals surface area contributed by atoms with E-state index in [4.69, 9.17) is 14.9 Å². The van der Waals surface area contributed by atoms with Gasteiger partial charge < -0.3 is 14.9 Å². The van der Waals surface area contributed by atoms with Gasteiger partial charge in [0.15, 0.2) is 5.11 Å². The standard InChI is InChI=1S/C13H12N4O4S/c1-20-11-4-2-8(17(18)19)6-10(11)12-5-3-9(21-12)7-15-16-13(14)22/h2-7H,1H3,(H3,14,16,22)/b15-7+. The van der Waals surface area contributed by atoms with Gasteiger partial charge in [-0.05, 0) is 30.4 Å². The first-order chi connectivity index (χ1) is 10.5. The molecule has 0 amide bonds. The van der Waals surface area contributed by atoms with Crippen LogP contribution in [0.1, 0.15) is 5.76 Å².